The molecule has 0 aromatic carbocycles. The first-order chi connectivity index (χ1) is 14.3. The Morgan fingerprint density at radius 2 is 1.87 bits per heavy atom. The lowest BCUT2D eigenvalue weighted by atomic mass is 9.44. The normalized spacial score (nSPS) is 57.6. The van der Waals surface area contributed by atoms with E-state index in [0.717, 1.165) is 38.0 Å². The first kappa shape index (κ1) is 20.0. The minimum absolute atomic E-state index is 0.262. The van der Waals surface area contributed by atoms with E-state index in [9.17, 15) is 4.79 Å². The third-order valence-electron chi connectivity index (χ3n) is 11.4. The molecule has 4 saturated carbocycles. The lowest BCUT2D eigenvalue weighted by Gasteiger charge is -2.60. The standard InChI is InChI=1S/C27H40O3/c1-16-8-12-27(29-15-16)17(2)24-23(30-27)14-21-18-13-22(28)20-7-5-6-10-25(20,3)19(18)9-11-26(21,24)4/h17-21,23-24H,1,5-15H2,2-4H3/t17-,18+,19-,20?,21-,23-,24-,25+,26-,27+/m0/s1. The lowest BCUT2D eigenvalue weighted by molar-refractivity contribution is -0.256. The molecule has 0 N–H and O–H groups in total. The van der Waals surface area contributed by atoms with E-state index in [4.69, 9.17) is 9.47 Å². The molecule has 1 spiro atoms. The molecule has 2 saturated heterocycles. The molecule has 6 rings (SSSR count). The number of hydrogen-bond acceptors (Lipinski definition) is 3. The van der Waals surface area contributed by atoms with E-state index in [2.05, 4.69) is 27.4 Å². The summed E-state index contributed by atoms with van der Waals surface area (Å²) < 4.78 is 13.2. The Morgan fingerprint density at radius 1 is 1.03 bits per heavy atom. The highest BCUT2D eigenvalue weighted by Gasteiger charge is 2.69. The molecular formula is C27H40O3. The second kappa shape index (κ2) is 6.44. The van der Waals surface area contributed by atoms with Crippen LogP contribution in [0.3, 0.4) is 0 Å². The number of rotatable bonds is 0. The molecular weight excluding hydrogens is 372 g/mol. The van der Waals surface area contributed by atoms with Crippen molar-refractivity contribution < 1.29 is 14.3 Å². The van der Waals surface area contributed by atoms with Gasteiger partial charge in [-0.25, -0.2) is 0 Å². The smallest absolute Gasteiger partial charge is 0.172 e. The van der Waals surface area contributed by atoms with Crippen LogP contribution in [0.5, 0.6) is 0 Å². The Balaban J connectivity index is 1.30. The molecule has 166 valence electrons. The van der Waals surface area contributed by atoms with Gasteiger partial charge in [0, 0.05) is 24.7 Å². The fraction of sp³-hybridized carbons (Fsp3) is 0.889. The Labute approximate surface area is 182 Å². The number of hydrogen-bond donors (Lipinski definition) is 0. The van der Waals surface area contributed by atoms with Crippen molar-refractivity contribution in [2.75, 3.05) is 6.61 Å². The Bertz CT molecular complexity index is 762. The zero-order valence-corrected chi connectivity index (χ0v) is 19.3. The molecule has 2 heterocycles. The van der Waals surface area contributed by atoms with Crippen LogP contribution in [0.15, 0.2) is 12.2 Å². The van der Waals surface area contributed by atoms with Gasteiger partial charge in [0.15, 0.2) is 5.79 Å². The van der Waals surface area contributed by atoms with Crippen molar-refractivity contribution in [3.05, 3.63) is 12.2 Å². The van der Waals surface area contributed by atoms with Crippen LogP contribution in [0.4, 0.5) is 0 Å². The second-order valence-electron chi connectivity index (χ2n) is 12.5. The zero-order valence-electron chi connectivity index (χ0n) is 19.3. The van der Waals surface area contributed by atoms with Crippen LogP contribution in [0.2, 0.25) is 0 Å². The monoisotopic (exact) mass is 412 g/mol. The molecule has 30 heavy (non-hydrogen) atoms. The summed E-state index contributed by atoms with van der Waals surface area (Å²) >= 11 is 0. The minimum Gasteiger partial charge on any atom is -0.346 e. The largest absolute Gasteiger partial charge is 0.346 e. The highest BCUT2D eigenvalue weighted by molar-refractivity contribution is 5.83. The third-order valence-corrected chi connectivity index (χ3v) is 11.4. The highest BCUT2D eigenvalue weighted by atomic mass is 16.7. The zero-order chi connectivity index (χ0) is 20.9. The fourth-order valence-electron chi connectivity index (χ4n) is 9.95. The van der Waals surface area contributed by atoms with Crippen molar-refractivity contribution in [1.29, 1.82) is 0 Å². The summed E-state index contributed by atoms with van der Waals surface area (Å²) in [5.41, 5.74) is 1.76. The predicted molar refractivity (Wildman–Crippen MR) is 117 cm³/mol. The summed E-state index contributed by atoms with van der Waals surface area (Å²) in [6.07, 6.45) is 11.9. The van der Waals surface area contributed by atoms with Crippen LogP contribution in [-0.2, 0) is 14.3 Å². The van der Waals surface area contributed by atoms with E-state index < -0.39 is 0 Å². The Kier molecular flexibility index (Phi) is 4.29. The van der Waals surface area contributed by atoms with Gasteiger partial charge in [-0.05, 0) is 73.0 Å². The van der Waals surface area contributed by atoms with Crippen LogP contribution in [0.25, 0.3) is 0 Å². The van der Waals surface area contributed by atoms with Crippen molar-refractivity contribution in [2.45, 2.75) is 96.9 Å². The van der Waals surface area contributed by atoms with Gasteiger partial charge >= 0.3 is 0 Å². The van der Waals surface area contributed by atoms with Gasteiger partial charge in [-0.3, -0.25) is 4.79 Å². The van der Waals surface area contributed by atoms with Crippen LogP contribution < -0.4 is 0 Å². The molecule has 3 nitrogen and oxygen atoms in total. The first-order valence-corrected chi connectivity index (χ1v) is 12.8. The summed E-state index contributed by atoms with van der Waals surface area (Å²) in [7, 11) is 0. The topological polar surface area (TPSA) is 35.5 Å². The molecule has 0 amide bonds. The molecule has 4 aliphatic carbocycles. The summed E-state index contributed by atoms with van der Waals surface area (Å²) in [4.78, 5) is 13.3. The van der Waals surface area contributed by atoms with E-state index in [0.29, 0.717) is 53.5 Å². The molecule has 0 radical (unpaired) electrons. The van der Waals surface area contributed by atoms with E-state index >= 15 is 0 Å². The number of ether oxygens (including phenoxy) is 2. The van der Waals surface area contributed by atoms with E-state index in [1.54, 1.807) is 0 Å². The fourth-order valence-corrected chi connectivity index (χ4v) is 9.95. The van der Waals surface area contributed by atoms with Crippen LogP contribution in [-0.4, -0.2) is 24.3 Å². The SMILES string of the molecule is C=C1CC[C@@]2(OC1)O[C@H]1C[C@H]3[C@@H]4CC(=O)C5CCCC[C@]5(C)[C@H]4CC[C@]3(C)[C@H]1[C@@H]2C. The maximum absolute atomic E-state index is 13.3. The van der Waals surface area contributed by atoms with Gasteiger partial charge < -0.3 is 9.47 Å². The Hall–Kier alpha value is -0.670. The van der Waals surface area contributed by atoms with Gasteiger partial charge in [0.25, 0.3) is 0 Å². The maximum Gasteiger partial charge on any atom is 0.172 e. The van der Waals surface area contributed by atoms with Gasteiger partial charge in [-0.1, -0.05) is 45.8 Å². The minimum atomic E-state index is -0.385. The summed E-state index contributed by atoms with van der Waals surface area (Å²) in [5.74, 6) is 3.54. The Morgan fingerprint density at radius 3 is 2.63 bits per heavy atom. The number of carbonyl (C=O) groups excluding carboxylic acids is 1. The van der Waals surface area contributed by atoms with Crippen LogP contribution in [0.1, 0.15) is 85.0 Å². The average molecular weight is 413 g/mol. The van der Waals surface area contributed by atoms with Gasteiger partial charge in [0.1, 0.15) is 5.78 Å². The summed E-state index contributed by atoms with van der Waals surface area (Å²) in [6, 6.07) is 0. The molecule has 6 aliphatic rings. The van der Waals surface area contributed by atoms with Crippen molar-refractivity contribution in [3.8, 4) is 0 Å². The van der Waals surface area contributed by atoms with Crippen molar-refractivity contribution in [3.63, 3.8) is 0 Å². The molecule has 1 unspecified atom stereocenters. The van der Waals surface area contributed by atoms with Crippen LogP contribution in [0, 0.1) is 46.3 Å². The average Bonchev–Trinajstić information content (AvgIpc) is 3.15. The molecule has 0 bridgehead atoms. The van der Waals surface area contributed by atoms with E-state index in [1.807, 2.05) is 0 Å². The van der Waals surface area contributed by atoms with Gasteiger partial charge in [-0.15, -0.1) is 0 Å². The van der Waals surface area contributed by atoms with E-state index in [-0.39, 0.29) is 11.2 Å². The molecule has 0 aromatic heterocycles. The van der Waals surface area contributed by atoms with Crippen molar-refractivity contribution >= 4 is 5.78 Å². The van der Waals surface area contributed by atoms with Gasteiger partial charge in [-0.2, -0.15) is 0 Å². The first-order valence-electron chi connectivity index (χ1n) is 12.8. The molecule has 2 aliphatic heterocycles. The quantitative estimate of drug-likeness (QED) is 0.463. The predicted octanol–water partition coefficient (Wildman–Crippen LogP) is 5.92. The van der Waals surface area contributed by atoms with Crippen LogP contribution >= 0.6 is 0 Å². The number of Topliss-reactive ketones (excluding diaryl/α,β-unsaturated/α-hetero) is 1. The second-order valence-corrected chi connectivity index (χ2v) is 12.5. The number of ketones is 1. The maximum atomic E-state index is 13.3. The van der Waals surface area contributed by atoms with Crippen molar-refractivity contribution in [2.24, 2.45) is 46.3 Å². The van der Waals surface area contributed by atoms with Gasteiger partial charge in [0.05, 0.1) is 12.7 Å². The lowest BCUT2D eigenvalue weighted by Crippen LogP contribution is -2.56. The van der Waals surface area contributed by atoms with Crippen molar-refractivity contribution in [1.82, 2.24) is 0 Å². The molecule has 0 aromatic rings. The third kappa shape index (κ3) is 2.43. The summed E-state index contributed by atoms with van der Waals surface area (Å²) in [5, 5.41) is 0. The van der Waals surface area contributed by atoms with E-state index in [1.165, 1.54) is 37.7 Å². The highest BCUT2D eigenvalue weighted by Crippen LogP contribution is 2.70. The molecule has 3 heteroatoms. The number of fused-ring (bicyclic) bond motifs is 7. The molecule has 10 atom stereocenters. The van der Waals surface area contributed by atoms with Gasteiger partial charge in [0.2, 0.25) is 0 Å². The number of carbonyl (C=O) groups is 1. The summed E-state index contributed by atoms with van der Waals surface area (Å²) in [6.45, 7) is 12.2. The molecule has 6 fully saturated rings.